The van der Waals surface area contributed by atoms with Gasteiger partial charge >= 0.3 is 24.5 Å². The van der Waals surface area contributed by atoms with Crippen molar-refractivity contribution in [2.24, 2.45) is 5.92 Å². The third-order valence-corrected chi connectivity index (χ3v) is 9.90. The van der Waals surface area contributed by atoms with E-state index in [2.05, 4.69) is 0 Å². The molecule has 5 rings (SSSR count). The Balaban J connectivity index is 1.34. The summed E-state index contributed by atoms with van der Waals surface area (Å²) in [7, 11) is 2.35. The van der Waals surface area contributed by atoms with E-state index in [0.717, 1.165) is 16.8 Å². The van der Waals surface area contributed by atoms with Gasteiger partial charge in [0.05, 0.1) is 22.1 Å². The number of nitro benzene ring substituents is 1. The molecule has 1 aliphatic heterocycles. The fraction of sp³-hybridized carbons (Fsp3) is 0.400. The number of hydrogen-bond acceptors (Lipinski definition) is 5. The molecule has 1 saturated heterocycles. The van der Waals surface area contributed by atoms with E-state index in [1.54, 1.807) is 0 Å². The average molecular weight is 754 g/mol. The topological polar surface area (TPSA) is 128 Å². The maximum atomic E-state index is 13.9. The summed E-state index contributed by atoms with van der Waals surface area (Å²) in [5, 5.41) is 21.0. The van der Waals surface area contributed by atoms with Gasteiger partial charge in [0.25, 0.3) is 5.69 Å². The molecule has 1 N–H and O–H groups in total. The van der Waals surface area contributed by atoms with Crippen LogP contribution < -0.4 is 9.80 Å². The Morgan fingerprint density at radius 1 is 0.811 bits per heavy atom. The molecule has 2 atom stereocenters. The van der Waals surface area contributed by atoms with Gasteiger partial charge in [0.2, 0.25) is 5.91 Å². The highest BCUT2D eigenvalue weighted by Crippen LogP contribution is 2.40. The Bertz CT molecular complexity index is 1820. The van der Waals surface area contributed by atoms with Crippen LogP contribution in [0.2, 0.25) is 0 Å². The predicted molar refractivity (Wildman–Crippen MR) is 177 cm³/mol. The molecule has 0 bridgehead atoms. The van der Waals surface area contributed by atoms with Gasteiger partial charge in [-0.25, -0.2) is 14.0 Å². The number of rotatable bonds is 7. The largest absolute Gasteiger partial charge is 0.465 e. The molecule has 284 valence electrons. The normalized spacial score (nSPS) is 20.5. The number of nitrogens with zero attached hydrogens (tertiary/aromatic N) is 5. The quantitative estimate of drug-likeness (QED) is 0.148. The molecular formula is C35H34F7N5O6. The highest BCUT2D eigenvalue weighted by atomic mass is 19.4. The minimum Gasteiger partial charge on any atom is -0.465 e. The molecule has 1 heterocycles. The Hall–Kier alpha value is -5.42. The first-order chi connectivity index (χ1) is 24.8. The summed E-state index contributed by atoms with van der Waals surface area (Å²) in [6.45, 7) is -0.000452. The summed E-state index contributed by atoms with van der Waals surface area (Å²) in [6.07, 6.45) is -10.4. The first-order valence-corrected chi connectivity index (χ1v) is 16.4. The monoisotopic (exact) mass is 753 g/mol. The number of hydrogen-bond donors (Lipinski definition) is 1. The number of benzene rings is 3. The van der Waals surface area contributed by atoms with Crippen molar-refractivity contribution < 1.29 is 55.1 Å². The molecule has 1 aliphatic carbocycles. The number of anilines is 2. The Morgan fingerprint density at radius 3 is 1.85 bits per heavy atom. The lowest BCUT2D eigenvalue weighted by atomic mass is 9.84. The van der Waals surface area contributed by atoms with E-state index >= 15 is 0 Å². The minimum absolute atomic E-state index is 0.0428. The zero-order valence-electron chi connectivity index (χ0n) is 28.3. The number of amides is 4. The van der Waals surface area contributed by atoms with E-state index < -0.39 is 76.0 Å². The molecule has 4 amide bonds. The van der Waals surface area contributed by atoms with Gasteiger partial charge < -0.3 is 14.9 Å². The number of halogens is 7. The van der Waals surface area contributed by atoms with Gasteiger partial charge in [-0.05, 0) is 73.7 Å². The number of urea groups is 1. The van der Waals surface area contributed by atoms with Crippen LogP contribution in [0.1, 0.15) is 48.3 Å². The maximum Gasteiger partial charge on any atom is 0.416 e. The fourth-order valence-corrected chi connectivity index (χ4v) is 7.07. The van der Waals surface area contributed by atoms with Gasteiger partial charge in [-0.1, -0.05) is 12.1 Å². The molecule has 1 saturated carbocycles. The number of likely N-dealkylation sites (N-methyl/N-ethyl adjacent to an activating group) is 1. The zero-order valence-corrected chi connectivity index (χ0v) is 28.3. The average Bonchev–Trinajstić information content (AvgIpc) is 3.56. The van der Waals surface area contributed by atoms with Crippen molar-refractivity contribution in [1.82, 2.24) is 9.80 Å². The summed E-state index contributed by atoms with van der Waals surface area (Å²) < 4.78 is 95.2. The molecule has 2 fully saturated rings. The molecular weight excluding hydrogens is 719 g/mol. The van der Waals surface area contributed by atoms with Gasteiger partial charge in [-0.3, -0.25) is 24.7 Å². The minimum atomic E-state index is -5.14. The van der Waals surface area contributed by atoms with Crippen molar-refractivity contribution in [3.63, 3.8) is 0 Å². The van der Waals surface area contributed by atoms with E-state index in [-0.39, 0.29) is 49.3 Å². The van der Waals surface area contributed by atoms with Crippen molar-refractivity contribution >= 4 is 35.1 Å². The molecule has 53 heavy (non-hydrogen) atoms. The lowest BCUT2D eigenvalue weighted by Crippen LogP contribution is -2.48. The SMILES string of the molecule is CN(C(=O)N(C)[C@@H]1CN(C(=O)[C@H]2CC[C@H](N(C(=O)O)c3ccc([N+](=O)[O-])cc3)CC2)C[C@H]1c1ccc(F)cc1)c1cc(C(F)(F)F)cc(C(F)(F)F)c1. The summed E-state index contributed by atoms with van der Waals surface area (Å²) in [4.78, 5) is 54.7. The van der Waals surface area contributed by atoms with Crippen molar-refractivity contribution in [2.45, 2.75) is 56.0 Å². The van der Waals surface area contributed by atoms with E-state index in [1.807, 2.05) is 0 Å². The second-order valence-electron chi connectivity index (χ2n) is 13.1. The van der Waals surface area contributed by atoms with E-state index in [1.165, 1.54) is 60.5 Å². The Morgan fingerprint density at radius 2 is 1.36 bits per heavy atom. The van der Waals surface area contributed by atoms with Gasteiger partial charge in [-0.2, -0.15) is 26.3 Å². The molecule has 0 spiro atoms. The lowest BCUT2D eigenvalue weighted by molar-refractivity contribution is -0.384. The molecule has 2 aliphatic rings. The maximum absolute atomic E-state index is 13.9. The third-order valence-electron chi connectivity index (χ3n) is 9.90. The smallest absolute Gasteiger partial charge is 0.416 e. The number of likely N-dealkylation sites (tertiary alicyclic amines) is 1. The van der Waals surface area contributed by atoms with Crippen LogP contribution >= 0.6 is 0 Å². The highest BCUT2D eigenvalue weighted by Gasteiger charge is 2.44. The standard InChI is InChI=1S/C35H34F7N5O6/c1-43(28-16-22(34(37,38)39)15-23(17-28)35(40,41)42)32(49)44(2)30-19-45(18-29(30)20-3-7-24(36)8-4-20)31(48)21-5-9-25(10-6-21)46(33(50)51)26-11-13-27(14-12-26)47(52)53/h3-4,7-8,11-17,21,25,29-30H,5-6,9-10,18-19H2,1-2H3,(H,50,51)/t21-,25-,29-,30+/m0/s1. The van der Waals surface area contributed by atoms with Crippen LogP contribution in [0, 0.1) is 21.8 Å². The first-order valence-electron chi connectivity index (χ1n) is 16.4. The third kappa shape index (κ3) is 8.46. The van der Waals surface area contributed by atoms with Gasteiger partial charge in [0, 0.05) is 68.6 Å². The molecule has 3 aromatic carbocycles. The van der Waals surface area contributed by atoms with Crippen molar-refractivity contribution in [3.8, 4) is 0 Å². The lowest BCUT2D eigenvalue weighted by Gasteiger charge is -2.36. The van der Waals surface area contributed by atoms with Crippen molar-refractivity contribution in [2.75, 3.05) is 37.0 Å². The molecule has 0 unspecified atom stereocenters. The summed E-state index contributed by atoms with van der Waals surface area (Å²) in [6, 6.07) is 8.90. The molecule has 0 aromatic heterocycles. The number of nitro groups is 1. The van der Waals surface area contributed by atoms with Crippen molar-refractivity contribution in [1.29, 1.82) is 0 Å². The Kier molecular flexibility index (Phi) is 10.9. The van der Waals surface area contributed by atoms with Gasteiger partial charge in [-0.15, -0.1) is 0 Å². The number of alkyl halides is 6. The van der Waals surface area contributed by atoms with Crippen LogP contribution in [0.4, 0.5) is 57.4 Å². The highest BCUT2D eigenvalue weighted by molar-refractivity contribution is 5.92. The zero-order chi connectivity index (χ0) is 39.0. The molecule has 11 nitrogen and oxygen atoms in total. The number of carbonyl (C=O) groups excluding carboxylic acids is 2. The van der Waals surface area contributed by atoms with Crippen LogP contribution in [0.3, 0.4) is 0 Å². The second kappa shape index (κ2) is 14.9. The van der Waals surface area contributed by atoms with Crippen LogP contribution in [-0.2, 0) is 17.1 Å². The summed E-state index contributed by atoms with van der Waals surface area (Å²) in [5.74, 6) is -2.00. The second-order valence-corrected chi connectivity index (χ2v) is 13.1. The fourth-order valence-electron chi connectivity index (χ4n) is 7.07. The van der Waals surface area contributed by atoms with Crippen LogP contribution in [-0.4, -0.2) is 77.1 Å². The van der Waals surface area contributed by atoms with E-state index in [9.17, 15) is 60.3 Å². The predicted octanol–water partition coefficient (Wildman–Crippen LogP) is 8.00. The summed E-state index contributed by atoms with van der Waals surface area (Å²) in [5.41, 5.74) is -3.28. The van der Waals surface area contributed by atoms with Gasteiger partial charge in [0.1, 0.15) is 5.82 Å². The number of carbonyl (C=O) groups is 3. The van der Waals surface area contributed by atoms with Crippen LogP contribution in [0.5, 0.6) is 0 Å². The van der Waals surface area contributed by atoms with E-state index in [4.69, 9.17) is 0 Å². The van der Waals surface area contributed by atoms with E-state index in [0.29, 0.717) is 35.4 Å². The molecule has 18 heteroatoms. The Labute approximate surface area is 298 Å². The molecule has 3 aromatic rings. The number of carboxylic acid groups (broad SMARTS) is 1. The number of non-ortho nitro benzene ring substituents is 1. The summed E-state index contributed by atoms with van der Waals surface area (Å²) >= 11 is 0. The molecule has 0 radical (unpaired) electrons. The first kappa shape index (κ1) is 38.8. The van der Waals surface area contributed by atoms with Gasteiger partial charge in [0.15, 0.2) is 0 Å². The van der Waals surface area contributed by atoms with Crippen LogP contribution in [0.25, 0.3) is 0 Å². The van der Waals surface area contributed by atoms with Crippen molar-refractivity contribution in [3.05, 3.63) is 99.4 Å². The van der Waals surface area contributed by atoms with Crippen LogP contribution in [0.15, 0.2) is 66.7 Å².